The molecule has 0 bridgehead atoms. The number of hydrogen-bond acceptors (Lipinski definition) is 3. The molecule has 0 aliphatic carbocycles. The third-order valence-corrected chi connectivity index (χ3v) is 2.71. The molecule has 2 fully saturated rings. The molecule has 0 aromatic heterocycles. The standard InChI is InChI=1S/C8H16N2O/c1-2-10-3-4-11-8-6-9-5-7(8)10/h7-9H,2-6H2,1H3/t7-,8+/m1/s1. The topological polar surface area (TPSA) is 24.5 Å². The Hall–Kier alpha value is -0.120. The Balaban J connectivity index is 2.00. The van der Waals surface area contributed by atoms with E-state index in [4.69, 9.17) is 4.74 Å². The van der Waals surface area contributed by atoms with Gasteiger partial charge in [-0.05, 0) is 6.54 Å². The Labute approximate surface area is 67.7 Å². The molecule has 3 nitrogen and oxygen atoms in total. The number of rotatable bonds is 1. The summed E-state index contributed by atoms with van der Waals surface area (Å²) in [5.74, 6) is 0. The van der Waals surface area contributed by atoms with Crippen LogP contribution in [0, 0.1) is 0 Å². The summed E-state index contributed by atoms with van der Waals surface area (Å²) in [6, 6.07) is 0.647. The van der Waals surface area contributed by atoms with Gasteiger partial charge < -0.3 is 10.1 Å². The summed E-state index contributed by atoms with van der Waals surface area (Å²) < 4.78 is 5.63. The number of likely N-dealkylation sites (N-methyl/N-ethyl adjacent to an activating group) is 1. The van der Waals surface area contributed by atoms with Crippen molar-refractivity contribution in [1.82, 2.24) is 10.2 Å². The average Bonchev–Trinajstić information content (AvgIpc) is 2.50. The van der Waals surface area contributed by atoms with Crippen molar-refractivity contribution in [2.75, 3.05) is 32.8 Å². The molecule has 3 heteroatoms. The second-order valence-corrected chi connectivity index (χ2v) is 3.26. The monoisotopic (exact) mass is 156 g/mol. The van der Waals surface area contributed by atoms with Gasteiger partial charge in [0.25, 0.3) is 0 Å². The Morgan fingerprint density at radius 1 is 1.55 bits per heavy atom. The molecule has 0 aromatic carbocycles. The average molecular weight is 156 g/mol. The summed E-state index contributed by atoms with van der Waals surface area (Å²) in [5.41, 5.74) is 0. The first-order valence-corrected chi connectivity index (χ1v) is 4.48. The second kappa shape index (κ2) is 3.09. The van der Waals surface area contributed by atoms with E-state index in [1.165, 1.54) is 0 Å². The predicted octanol–water partition coefficient (Wildman–Crippen LogP) is -0.321. The van der Waals surface area contributed by atoms with Crippen molar-refractivity contribution in [3.8, 4) is 0 Å². The second-order valence-electron chi connectivity index (χ2n) is 3.26. The Bertz CT molecular complexity index is 140. The number of nitrogens with zero attached hydrogens (tertiary/aromatic N) is 1. The first kappa shape index (κ1) is 7.53. The lowest BCUT2D eigenvalue weighted by Crippen LogP contribution is -2.50. The van der Waals surface area contributed by atoms with Crippen LogP contribution in [0.5, 0.6) is 0 Å². The lowest BCUT2D eigenvalue weighted by Gasteiger charge is -2.36. The molecule has 64 valence electrons. The fourth-order valence-electron chi connectivity index (χ4n) is 2.05. The molecular formula is C8H16N2O. The number of morpholine rings is 1. The summed E-state index contributed by atoms with van der Waals surface area (Å²) in [7, 11) is 0. The molecule has 0 amide bonds. The molecule has 0 aromatic rings. The fraction of sp³-hybridized carbons (Fsp3) is 1.00. The van der Waals surface area contributed by atoms with Gasteiger partial charge in [-0.15, -0.1) is 0 Å². The quantitative estimate of drug-likeness (QED) is 0.563. The van der Waals surface area contributed by atoms with E-state index in [9.17, 15) is 0 Å². The summed E-state index contributed by atoms with van der Waals surface area (Å²) in [6.45, 7) is 7.56. The molecule has 2 heterocycles. The van der Waals surface area contributed by atoms with Gasteiger partial charge in [0.2, 0.25) is 0 Å². The maximum absolute atomic E-state index is 5.63. The van der Waals surface area contributed by atoms with Crippen LogP contribution in [-0.4, -0.2) is 49.8 Å². The van der Waals surface area contributed by atoms with Gasteiger partial charge in [0.15, 0.2) is 0 Å². The summed E-state index contributed by atoms with van der Waals surface area (Å²) in [6.07, 6.45) is 0.462. The van der Waals surface area contributed by atoms with Crippen molar-refractivity contribution < 1.29 is 4.74 Å². The molecular weight excluding hydrogens is 140 g/mol. The molecule has 0 saturated carbocycles. The molecule has 1 N–H and O–H groups in total. The minimum absolute atomic E-state index is 0.462. The van der Waals surface area contributed by atoms with Gasteiger partial charge in [-0.2, -0.15) is 0 Å². The maximum Gasteiger partial charge on any atom is 0.0867 e. The van der Waals surface area contributed by atoms with E-state index in [1.807, 2.05) is 0 Å². The molecule has 2 atom stereocenters. The van der Waals surface area contributed by atoms with Gasteiger partial charge in [-0.3, -0.25) is 4.90 Å². The molecule has 0 radical (unpaired) electrons. The van der Waals surface area contributed by atoms with E-state index in [-0.39, 0.29) is 0 Å². The van der Waals surface area contributed by atoms with Crippen LogP contribution in [0.15, 0.2) is 0 Å². The van der Waals surface area contributed by atoms with Crippen LogP contribution < -0.4 is 5.32 Å². The largest absolute Gasteiger partial charge is 0.374 e. The van der Waals surface area contributed by atoms with Crippen molar-refractivity contribution in [3.05, 3.63) is 0 Å². The van der Waals surface area contributed by atoms with Gasteiger partial charge in [0, 0.05) is 25.7 Å². The summed E-state index contributed by atoms with van der Waals surface area (Å²) >= 11 is 0. The Morgan fingerprint density at radius 2 is 2.45 bits per heavy atom. The molecule has 0 unspecified atom stereocenters. The molecule has 11 heavy (non-hydrogen) atoms. The van der Waals surface area contributed by atoms with Crippen LogP contribution >= 0.6 is 0 Å². The van der Waals surface area contributed by atoms with Crippen LogP contribution in [0.2, 0.25) is 0 Å². The van der Waals surface area contributed by atoms with Gasteiger partial charge in [0.05, 0.1) is 12.7 Å². The van der Waals surface area contributed by atoms with E-state index in [1.54, 1.807) is 0 Å². The lowest BCUT2D eigenvalue weighted by atomic mass is 10.1. The van der Waals surface area contributed by atoms with Crippen LogP contribution in [0.3, 0.4) is 0 Å². The zero-order chi connectivity index (χ0) is 7.68. The van der Waals surface area contributed by atoms with Gasteiger partial charge in [-0.25, -0.2) is 0 Å². The number of ether oxygens (including phenoxy) is 1. The molecule has 2 aliphatic rings. The molecule has 2 saturated heterocycles. The number of hydrogen-bond donors (Lipinski definition) is 1. The predicted molar refractivity (Wildman–Crippen MR) is 43.6 cm³/mol. The van der Waals surface area contributed by atoms with Gasteiger partial charge in [0.1, 0.15) is 0 Å². The first-order chi connectivity index (χ1) is 5.42. The highest BCUT2D eigenvalue weighted by Crippen LogP contribution is 2.16. The molecule has 0 spiro atoms. The highest BCUT2D eigenvalue weighted by molar-refractivity contribution is 4.91. The van der Waals surface area contributed by atoms with Crippen molar-refractivity contribution in [3.63, 3.8) is 0 Å². The van der Waals surface area contributed by atoms with E-state index in [0.29, 0.717) is 12.1 Å². The van der Waals surface area contributed by atoms with E-state index >= 15 is 0 Å². The third-order valence-electron chi connectivity index (χ3n) is 2.71. The van der Waals surface area contributed by atoms with Crippen molar-refractivity contribution in [2.45, 2.75) is 19.1 Å². The van der Waals surface area contributed by atoms with Crippen LogP contribution in [-0.2, 0) is 4.74 Å². The van der Waals surface area contributed by atoms with E-state index in [0.717, 1.165) is 32.8 Å². The van der Waals surface area contributed by atoms with Crippen LogP contribution in [0.1, 0.15) is 6.92 Å². The number of fused-ring (bicyclic) bond motifs is 1. The highest BCUT2D eigenvalue weighted by Gasteiger charge is 2.34. The maximum atomic E-state index is 5.63. The van der Waals surface area contributed by atoms with Gasteiger partial charge >= 0.3 is 0 Å². The van der Waals surface area contributed by atoms with E-state index in [2.05, 4.69) is 17.1 Å². The fourth-order valence-corrected chi connectivity index (χ4v) is 2.05. The van der Waals surface area contributed by atoms with E-state index < -0.39 is 0 Å². The Kier molecular flexibility index (Phi) is 2.11. The molecule has 2 rings (SSSR count). The molecule has 2 aliphatic heterocycles. The smallest absolute Gasteiger partial charge is 0.0867 e. The first-order valence-electron chi connectivity index (χ1n) is 4.48. The van der Waals surface area contributed by atoms with Crippen LogP contribution in [0.25, 0.3) is 0 Å². The zero-order valence-electron chi connectivity index (χ0n) is 7.05. The zero-order valence-corrected chi connectivity index (χ0v) is 7.05. The summed E-state index contributed by atoms with van der Waals surface area (Å²) in [5, 5.41) is 3.36. The van der Waals surface area contributed by atoms with Gasteiger partial charge in [-0.1, -0.05) is 6.92 Å². The number of nitrogens with one attached hydrogen (secondary N) is 1. The minimum Gasteiger partial charge on any atom is -0.374 e. The highest BCUT2D eigenvalue weighted by atomic mass is 16.5. The SMILES string of the molecule is CCN1CCO[C@H]2CNC[C@H]21. The van der Waals surface area contributed by atoms with Crippen LogP contribution in [0.4, 0.5) is 0 Å². The third kappa shape index (κ3) is 1.28. The summed E-state index contributed by atoms with van der Waals surface area (Å²) in [4.78, 5) is 2.51. The van der Waals surface area contributed by atoms with Crippen molar-refractivity contribution >= 4 is 0 Å². The minimum atomic E-state index is 0.462. The Morgan fingerprint density at radius 3 is 3.27 bits per heavy atom. The van der Waals surface area contributed by atoms with Crippen molar-refractivity contribution in [1.29, 1.82) is 0 Å². The van der Waals surface area contributed by atoms with Crippen molar-refractivity contribution in [2.24, 2.45) is 0 Å². The normalized spacial score (nSPS) is 39.0. The lowest BCUT2D eigenvalue weighted by molar-refractivity contribution is -0.0446.